The highest BCUT2D eigenvalue weighted by Crippen LogP contribution is 2.39. The number of methoxy groups -OCH3 is 1. The van der Waals surface area contributed by atoms with Gasteiger partial charge in [0.25, 0.3) is 0 Å². The Morgan fingerprint density at radius 2 is 1.87 bits per heavy atom. The van der Waals surface area contributed by atoms with Gasteiger partial charge in [-0.2, -0.15) is 18.3 Å². The van der Waals surface area contributed by atoms with Gasteiger partial charge in [0.15, 0.2) is 0 Å². The number of aryl methyl sites for hydroxylation is 1. The van der Waals surface area contributed by atoms with Crippen molar-refractivity contribution in [3.63, 3.8) is 0 Å². The fourth-order valence-electron chi connectivity index (χ4n) is 2.02. The molecular weight excluding hydrogens is 313 g/mol. The fraction of sp³-hybridized carbons (Fsp3) is 0.286. The lowest BCUT2D eigenvalue weighted by atomic mass is 9.97. The number of aromatic nitrogens is 2. The van der Waals surface area contributed by atoms with Gasteiger partial charge in [-0.3, -0.25) is 10.4 Å². The summed E-state index contributed by atoms with van der Waals surface area (Å²) in [7, 11) is 0.988. The van der Waals surface area contributed by atoms with Crippen molar-refractivity contribution in [1.82, 2.24) is 15.5 Å². The maximum absolute atomic E-state index is 13.9. The summed E-state index contributed by atoms with van der Waals surface area (Å²) >= 11 is 0. The smallest absolute Gasteiger partial charge is 0.435 e. The van der Waals surface area contributed by atoms with Gasteiger partial charge in [-0.1, -0.05) is 29.8 Å². The molecule has 1 atom stereocenters. The minimum atomic E-state index is -4.86. The molecule has 0 aliphatic rings. The predicted octanol–water partition coefficient (Wildman–Crippen LogP) is 2.90. The van der Waals surface area contributed by atoms with Crippen molar-refractivity contribution in [2.45, 2.75) is 18.8 Å². The van der Waals surface area contributed by atoms with Crippen LogP contribution in [-0.4, -0.2) is 29.6 Å². The van der Waals surface area contributed by atoms with Crippen LogP contribution in [0.5, 0.6) is 0 Å². The number of alkyl carbamates (subject to hydrolysis) is 1. The molecule has 2 rings (SSSR count). The predicted molar refractivity (Wildman–Crippen MR) is 76.7 cm³/mol. The van der Waals surface area contributed by atoms with Crippen molar-refractivity contribution >= 4 is 11.9 Å². The van der Waals surface area contributed by atoms with E-state index in [4.69, 9.17) is 0 Å². The second kappa shape index (κ2) is 6.19. The Morgan fingerprint density at radius 3 is 2.35 bits per heavy atom. The molecule has 0 aliphatic heterocycles. The molecule has 6 nitrogen and oxygen atoms in total. The largest absolute Gasteiger partial charge is 0.453 e. The van der Waals surface area contributed by atoms with E-state index in [0.717, 1.165) is 12.7 Å². The summed E-state index contributed by atoms with van der Waals surface area (Å²) in [4.78, 5) is 11.5. The SMILES string of the molecule is COC(=O)NC(Nc1ccn[nH]1)(c1ccc(C)cc1)C(F)(F)F. The van der Waals surface area contributed by atoms with Crippen LogP contribution in [-0.2, 0) is 10.4 Å². The molecule has 2 aromatic rings. The standard InChI is InChI=1S/C14H15F3N4O2/c1-9-3-5-10(6-4-9)13(14(15,16)17,20-12(22)23-2)19-11-7-8-18-21-11/h3-8H,1-2H3,(H,20,22)(H2,18,19,21). The number of nitrogens with one attached hydrogen (secondary N) is 3. The van der Waals surface area contributed by atoms with Gasteiger partial charge in [0, 0.05) is 11.6 Å². The normalized spacial score (nSPS) is 14.0. The van der Waals surface area contributed by atoms with Crippen LogP contribution < -0.4 is 10.6 Å². The van der Waals surface area contributed by atoms with Gasteiger partial charge in [-0.15, -0.1) is 0 Å². The van der Waals surface area contributed by atoms with Crippen molar-refractivity contribution in [3.8, 4) is 0 Å². The van der Waals surface area contributed by atoms with E-state index in [2.05, 4.69) is 20.3 Å². The molecule has 124 valence electrons. The number of anilines is 1. The van der Waals surface area contributed by atoms with Crippen molar-refractivity contribution in [2.75, 3.05) is 12.4 Å². The maximum Gasteiger partial charge on any atom is 0.435 e. The maximum atomic E-state index is 13.9. The third-order valence-corrected chi connectivity index (χ3v) is 3.21. The minimum absolute atomic E-state index is 0.0145. The molecule has 0 saturated carbocycles. The molecule has 1 heterocycles. The van der Waals surface area contributed by atoms with Crippen molar-refractivity contribution in [1.29, 1.82) is 0 Å². The first-order valence-electron chi connectivity index (χ1n) is 6.56. The molecule has 9 heteroatoms. The van der Waals surface area contributed by atoms with Crippen LogP contribution in [0.25, 0.3) is 0 Å². The van der Waals surface area contributed by atoms with Gasteiger partial charge >= 0.3 is 12.3 Å². The first-order chi connectivity index (χ1) is 10.8. The first-order valence-corrected chi connectivity index (χ1v) is 6.56. The first kappa shape index (κ1) is 16.7. The lowest BCUT2D eigenvalue weighted by Crippen LogP contribution is -2.61. The number of benzene rings is 1. The van der Waals surface area contributed by atoms with E-state index in [9.17, 15) is 18.0 Å². The zero-order valence-electron chi connectivity index (χ0n) is 12.4. The highest BCUT2D eigenvalue weighted by molar-refractivity contribution is 5.69. The Kier molecular flexibility index (Phi) is 4.48. The number of H-pyrrole nitrogens is 1. The van der Waals surface area contributed by atoms with Gasteiger partial charge in [-0.25, -0.2) is 4.79 Å². The average Bonchev–Trinajstić information content (AvgIpc) is 2.98. The molecular formula is C14H15F3N4O2. The molecule has 0 radical (unpaired) electrons. The Balaban J connectivity index is 2.57. The van der Waals surface area contributed by atoms with E-state index in [0.29, 0.717) is 0 Å². The second-order valence-corrected chi connectivity index (χ2v) is 4.83. The zero-order valence-corrected chi connectivity index (χ0v) is 12.4. The third-order valence-electron chi connectivity index (χ3n) is 3.21. The summed E-state index contributed by atoms with van der Waals surface area (Å²) in [6, 6.07) is 6.91. The number of ether oxygens (including phenoxy) is 1. The monoisotopic (exact) mass is 328 g/mol. The quantitative estimate of drug-likeness (QED) is 0.754. The Morgan fingerprint density at radius 1 is 1.22 bits per heavy atom. The zero-order chi connectivity index (χ0) is 17.1. The van der Waals surface area contributed by atoms with Crippen LogP contribution >= 0.6 is 0 Å². The van der Waals surface area contributed by atoms with Crippen LogP contribution in [0.15, 0.2) is 36.5 Å². The van der Waals surface area contributed by atoms with Gasteiger partial charge < -0.3 is 10.1 Å². The van der Waals surface area contributed by atoms with Crippen LogP contribution in [0.1, 0.15) is 11.1 Å². The molecule has 0 saturated heterocycles. The summed E-state index contributed by atoms with van der Waals surface area (Å²) in [5, 5.41) is 10.1. The molecule has 1 aromatic heterocycles. The summed E-state index contributed by atoms with van der Waals surface area (Å²) in [5.74, 6) is -0.0145. The molecule has 3 N–H and O–H groups in total. The number of halogens is 3. The molecule has 0 bridgehead atoms. The molecule has 0 fully saturated rings. The number of alkyl halides is 3. The molecule has 1 unspecified atom stereocenters. The Bertz CT molecular complexity index is 656. The van der Waals surface area contributed by atoms with Crippen molar-refractivity contribution in [3.05, 3.63) is 47.7 Å². The number of amides is 1. The lowest BCUT2D eigenvalue weighted by molar-refractivity contribution is -0.189. The molecule has 1 aromatic carbocycles. The third kappa shape index (κ3) is 3.38. The highest BCUT2D eigenvalue weighted by Gasteiger charge is 2.58. The van der Waals surface area contributed by atoms with Gasteiger partial charge in [0.2, 0.25) is 5.66 Å². The lowest BCUT2D eigenvalue weighted by Gasteiger charge is -2.37. The Labute approximate surface area is 130 Å². The minimum Gasteiger partial charge on any atom is -0.453 e. The van der Waals surface area contributed by atoms with E-state index in [1.165, 1.54) is 36.5 Å². The van der Waals surface area contributed by atoms with Gasteiger partial charge in [-0.05, 0) is 6.92 Å². The number of rotatable bonds is 4. The van der Waals surface area contributed by atoms with Crippen molar-refractivity contribution < 1.29 is 22.7 Å². The highest BCUT2D eigenvalue weighted by atomic mass is 19.4. The summed E-state index contributed by atoms with van der Waals surface area (Å²) in [6.45, 7) is 1.75. The number of carbonyl (C=O) groups excluding carboxylic acids is 1. The Hall–Kier alpha value is -2.71. The second-order valence-electron chi connectivity index (χ2n) is 4.83. The van der Waals surface area contributed by atoms with Crippen LogP contribution in [0.3, 0.4) is 0 Å². The van der Waals surface area contributed by atoms with E-state index in [1.54, 1.807) is 6.92 Å². The van der Waals surface area contributed by atoms with Crippen molar-refractivity contribution in [2.24, 2.45) is 0 Å². The summed E-state index contributed by atoms with van der Waals surface area (Å²) in [5.41, 5.74) is -2.29. The molecule has 0 aliphatic carbocycles. The summed E-state index contributed by atoms with van der Waals surface area (Å²) < 4.78 is 46.0. The number of hydrogen-bond donors (Lipinski definition) is 3. The molecule has 0 spiro atoms. The van der Waals surface area contributed by atoms with Crippen LogP contribution in [0.4, 0.5) is 23.8 Å². The van der Waals surface area contributed by atoms with E-state index in [1.807, 2.05) is 5.32 Å². The number of aromatic amines is 1. The molecule has 23 heavy (non-hydrogen) atoms. The summed E-state index contributed by atoms with van der Waals surface area (Å²) in [6.07, 6.45) is -4.80. The fourth-order valence-corrected chi connectivity index (χ4v) is 2.02. The average molecular weight is 328 g/mol. The van der Waals surface area contributed by atoms with Gasteiger partial charge in [0.05, 0.1) is 13.3 Å². The van der Waals surface area contributed by atoms with E-state index >= 15 is 0 Å². The topological polar surface area (TPSA) is 79.0 Å². The van der Waals surface area contributed by atoms with E-state index in [-0.39, 0.29) is 11.4 Å². The van der Waals surface area contributed by atoms with Crippen LogP contribution in [0, 0.1) is 6.92 Å². The number of nitrogens with zero attached hydrogens (tertiary/aromatic N) is 1. The molecule has 1 amide bonds. The number of hydrogen-bond acceptors (Lipinski definition) is 4. The number of carbonyl (C=O) groups is 1. The van der Waals surface area contributed by atoms with Crippen LogP contribution in [0.2, 0.25) is 0 Å². The van der Waals surface area contributed by atoms with Gasteiger partial charge in [0.1, 0.15) is 5.82 Å². The van der Waals surface area contributed by atoms with E-state index < -0.39 is 17.9 Å².